The molecule has 0 spiro atoms. The van der Waals surface area contributed by atoms with Gasteiger partial charge in [0.2, 0.25) is 0 Å². The molecule has 2 aromatic rings. The van der Waals surface area contributed by atoms with Crippen LogP contribution in [0.3, 0.4) is 0 Å². The normalized spacial score (nSPS) is 11.6. The predicted octanol–water partition coefficient (Wildman–Crippen LogP) is 3.33. The maximum absolute atomic E-state index is 11.7. The van der Waals surface area contributed by atoms with Crippen LogP contribution in [0.2, 0.25) is 0 Å². The number of halogens is 1. The fraction of sp³-hybridized carbons (Fsp3) is 0.409. The molecule has 0 aromatic heterocycles. The molecule has 0 atom stereocenters. The average Bonchev–Trinajstić information content (AvgIpc) is 2.69. The van der Waals surface area contributed by atoms with Crippen molar-refractivity contribution in [3.8, 4) is 0 Å². The maximum atomic E-state index is 11.7. The Kier molecular flexibility index (Phi) is 12.0. The fourth-order valence-electron chi connectivity index (χ4n) is 2.96. The van der Waals surface area contributed by atoms with Gasteiger partial charge in [-0.15, -0.1) is 24.0 Å². The van der Waals surface area contributed by atoms with Crippen LogP contribution < -0.4 is 10.6 Å². The van der Waals surface area contributed by atoms with E-state index in [4.69, 9.17) is 4.74 Å². The Hall–Kier alpha value is -1.65. The number of rotatable bonds is 10. The number of nitrogens with zero attached hydrogens (tertiary/aromatic N) is 1. The lowest BCUT2D eigenvalue weighted by Crippen LogP contribution is -2.37. The Morgan fingerprint density at radius 1 is 1.03 bits per heavy atom. The highest BCUT2D eigenvalue weighted by Crippen LogP contribution is 2.16. The summed E-state index contributed by atoms with van der Waals surface area (Å²) in [6.45, 7) is 4.56. The van der Waals surface area contributed by atoms with Gasteiger partial charge in [0.15, 0.2) is 15.8 Å². The molecule has 8 heteroatoms. The molecular weight excluding hydrogens is 513 g/mol. The Bertz CT molecular complexity index is 903. The van der Waals surface area contributed by atoms with Crippen LogP contribution >= 0.6 is 24.0 Å². The third-order valence-electron chi connectivity index (χ3n) is 4.46. The Morgan fingerprint density at radius 2 is 1.77 bits per heavy atom. The second-order valence-corrected chi connectivity index (χ2v) is 8.91. The molecule has 0 saturated heterocycles. The number of aryl methyl sites for hydroxylation is 1. The molecule has 30 heavy (non-hydrogen) atoms. The summed E-state index contributed by atoms with van der Waals surface area (Å²) in [7, 11) is -1.47. The monoisotopic (exact) mass is 545 g/mol. The minimum Gasteiger partial charge on any atom is -0.381 e. The van der Waals surface area contributed by atoms with Gasteiger partial charge in [-0.25, -0.2) is 8.42 Å². The largest absolute Gasteiger partial charge is 0.381 e. The van der Waals surface area contributed by atoms with E-state index in [1.54, 1.807) is 13.1 Å². The van der Waals surface area contributed by atoms with Crippen LogP contribution in [-0.2, 0) is 27.5 Å². The van der Waals surface area contributed by atoms with E-state index in [0.717, 1.165) is 37.1 Å². The molecule has 0 unspecified atom stereocenters. The summed E-state index contributed by atoms with van der Waals surface area (Å²) in [6, 6.07) is 15.7. The van der Waals surface area contributed by atoms with Gasteiger partial charge in [-0.05, 0) is 42.5 Å². The molecule has 6 nitrogen and oxygen atoms in total. The second-order valence-electron chi connectivity index (χ2n) is 6.93. The molecule has 2 aromatic carbocycles. The summed E-state index contributed by atoms with van der Waals surface area (Å²) in [5.41, 5.74) is 3.04. The molecule has 0 saturated carbocycles. The summed E-state index contributed by atoms with van der Waals surface area (Å²) < 4.78 is 29.1. The third-order valence-corrected chi connectivity index (χ3v) is 5.72. The van der Waals surface area contributed by atoms with E-state index >= 15 is 0 Å². The van der Waals surface area contributed by atoms with Crippen molar-refractivity contribution in [2.75, 3.05) is 33.1 Å². The van der Waals surface area contributed by atoms with Crippen molar-refractivity contribution < 1.29 is 13.2 Å². The minimum absolute atomic E-state index is 0. The van der Waals surface area contributed by atoms with Crippen LogP contribution in [0.15, 0.2) is 58.4 Å². The van der Waals surface area contributed by atoms with E-state index in [-0.39, 0.29) is 24.0 Å². The maximum Gasteiger partial charge on any atom is 0.191 e. The van der Waals surface area contributed by atoms with E-state index in [9.17, 15) is 8.42 Å². The van der Waals surface area contributed by atoms with Gasteiger partial charge in [0.1, 0.15) is 0 Å². The number of hydrogen-bond acceptors (Lipinski definition) is 4. The lowest BCUT2D eigenvalue weighted by Gasteiger charge is -2.13. The number of benzene rings is 2. The lowest BCUT2D eigenvalue weighted by molar-refractivity contribution is 0.135. The molecule has 2 N–H and O–H groups in total. The molecule has 0 heterocycles. The molecule has 0 radical (unpaired) electrons. The quantitative estimate of drug-likeness (QED) is 0.207. The number of sulfone groups is 1. The van der Waals surface area contributed by atoms with E-state index in [1.807, 2.05) is 37.3 Å². The van der Waals surface area contributed by atoms with Crippen molar-refractivity contribution in [2.24, 2.45) is 4.99 Å². The fourth-order valence-corrected chi connectivity index (χ4v) is 3.92. The van der Waals surface area contributed by atoms with E-state index in [1.165, 1.54) is 11.8 Å². The molecule has 166 valence electrons. The zero-order valence-corrected chi connectivity index (χ0v) is 21.0. The molecule has 0 aliphatic rings. The van der Waals surface area contributed by atoms with Gasteiger partial charge in [0.05, 0.1) is 11.5 Å². The average molecular weight is 545 g/mol. The van der Waals surface area contributed by atoms with Crippen LogP contribution in [0.1, 0.15) is 23.1 Å². The molecule has 2 rings (SSSR count). The van der Waals surface area contributed by atoms with Crippen molar-refractivity contribution in [1.29, 1.82) is 0 Å². The standard InChI is InChI=1S/C22H31N3O3S.HI/c1-18-16-20(10-11-21(18)29(3,26)27)17-25-22(23-2)24-13-7-14-28-15-12-19-8-5-4-6-9-19;/h4-6,8-11,16H,7,12-15,17H2,1-3H3,(H2,23,24,25);1H. The van der Waals surface area contributed by atoms with Crippen molar-refractivity contribution in [3.05, 3.63) is 65.2 Å². The molecule has 0 aliphatic heterocycles. The van der Waals surface area contributed by atoms with Gasteiger partial charge in [-0.2, -0.15) is 0 Å². The van der Waals surface area contributed by atoms with E-state index < -0.39 is 9.84 Å². The summed E-state index contributed by atoms with van der Waals surface area (Å²) in [6.07, 6.45) is 3.04. The van der Waals surface area contributed by atoms with Gasteiger partial charge >= 0.3 is 0 Å². The van der Waals surface area contributed by atoms with Crippen molar-refractivity contribution in [1.82, 2.24) is 10.6 Å². The molecular formula is C22H32IN3O3S. The van der Waals surface area contributed by atoms with Crippen molar-refractivity contribution in [2.45, 2.75) is 31.2 Å². The van der Waals surface area contributed by atoms with Crippen LogP contribution in [0.4, 0.5) is 0 Å². The van der Waals surface area contributed by atoms with Gasteiger partial charge in [-0.3, -0.25) is 4.99 Å². The number of aliphatic imine (C=N–C) groups is 1. The Labute approximate surface area is 197 Å². The third kappa shape index (κ3) is 9.44. The van der Waals surface area contributed by atoms with Gasteiger partial charge < -0.3 is 15.4 Å². The highest BCUT2D eigenvalue weighted by molar-refractivity contribution is 14.0. The number of ether oxygens (including phenoxy) is 1. The summed E-state index contributed by atoms with van der Waals surface area (Å²) >= 11 is 0. The van der Waals surface area contributed by atoms with Crippen LogP contribution in [-0.4, -0.2) is 47.4 Å². The zero-order chi connectivity index (χ0) is 21.1. The van der Waals surface area contributed by atoms with Crippen molar-refractivity contribution in [3.63, 3.8) is 0 Å². The first kappa shape index (κ1) is 26.4. The van der Waals surface area contributed by atoms with Crippen LogP contribution in [0.25, 0.3) is 0 Å². The van der Waals surface area contributed by atoms with E-state index in [2.05, 4.69) is 27.8 Å². The first-order valence-corrected chi connectivity index (χ1v) is 11.6. The first-order valence-electron chi connectivity index (χ1n) is 9.76. The lowest BCUT2D eigenvalue weighted by atomic mass is 10.1. The molecule has 0 aliphatic carbocycles. The molecule has 0 fully saturated rings. The van der Waals surface area contributed by atoms with Crippen LogP contribution in [0.5, 0.6) is 0 Å². The number of guanidine groups is 1. The predicted molar refractivity (Wildman–Crippen MR) is 133 cm³/mol. The second kappa shape index (κ2) is 13.6. The number of hydrogen-bond donors (Lipinski definition) is 2. The smallest absolute Gasteiger partial charge is 0.191 e. The van der Waals surface area contributed by atoms with Gasteiger partial charge in [-0.1, -0.05) is 42.5 Å². The van der Waals surface area contributed by atoms with Crippen molar-refractivity contribution >= 4 is 39.8 Å². The zero-order valence-electron chi connectivity index (χ0n) is 17.8. The summed E-state index contributed by atoms with van der Waals surface area (Å²) in [5.74, 6) is 0.708. The SMILES string of the molecule is CN=C(NCCCOCCc1ccccc1)NCc1ccc(S(C)(=O)=O)c(C)c1.I. The van der Waals surface area contributed by atoms with Gasteiger partial charge in [0.25, 0.3) is 0 Å². The van der Waals surface area contributed by atoms with Gasteiger partial charge in [0, 0.05) is 33.0 Å². The summed E-state index contributed by atoms with van der Waals surface area (Å²) in [5, 5.41) is 6.50. The highest BCUT2D eigenvalue weighted by Gasteiger charge is 2.10. The number of nitrogens with one attached hydrogen (secondary N) is 2. The molecule has 0 amide bonds. The highest BCUT2D eigenvalue weighted by atomic mass is 127. The summed E-state index contributed by atoms with van der Waals surface area (Å²) in [4.78, 5) is 4.59. The Balaban J connectivity index is 0.00000450. The topological polar surface area (TPSA) is 79.8 Å². The first-order chi connectivity index (χ1) is 13.9. The minimum atomic E-state index is -3.19. The van der Waals surface area contributed by atoms with Crippen LogP contribution in [0, 0.1) is 6.92 Å². The van der Waals surface area contributed by atoms with E-state index in [0.29, 0.717) is 24.0 Å². The molecule has 0 bridgehead atoms. The Morgan fingerprint density at radius 3 is 2.40 bits per heavy atom.